The lowest BCUT2D eigenvalue weighted by Gasteiger charge is -2.37. The van der Waals surface area contributed by atoms with E-state index in [1.165, 1.54) is 21.7 Å². The molecule has 152 valence electrons. The van der Waals surface area contributed by atoms with Gasteiger partial charge in [0, 0.05) is 11.3 Å². The van der Waals surface area contributed by atoms with Crippen molar-refractivity contribution >= 4 is 5.69 Å². The van der Waals surface area contributed by atoms with Crippen LogP contribution in [0.25, 0.3) is 0 Å². The normalized spacial score (nSPS) is 16.8. The second-order valence-corrected chi connectivity index (χ2v) is 8.94. The van der Waals surface area contributed by atoms with Crippen molar-refractivity contribution in [2.75, 3.05) is 31.1 Å². The van der Waals surface area contributed by atoms with Gasteiger partial charge in [-0.15, -0.1) is 5.10 Å². The number of hydrogen-bond acceptors (Lipinski definition) is 4. The molecule has 1 aliphatic rings. The van der Waals surface area contributed by atoms with Crippen LogP contribution in [-0.2, 0) is 5.54 Å². The maximum atomic E-state index is 4.50. The number of anilines is 1. The molecule has 6 nitrogen and oxygen atoms in total. The minimum absolute atomic E-state index is 0.128. The van der Waals surface area contributed by atoms with Gasteiger partial charge >= 0.3 is 0 Å². The number of quaternary nitrogens is 1. The number of piperazine rings is 1. The molecule has 3 aromatic rings. The number of benzene rings is 2. The summed E-state index contributed by atoms with van der Waals surface area (Å²) in [7, 11) is 0. The highest BCUT2D eigenvalue weighted by atomic mass is 15.6. The summed E-state index contributed by atoms with van der Waals surface area (Å²) in [5.41, 5.74) is 3.69. The second-order valence-electron chi connectivity index (χ2n) is 8.94. The van der Waals surface area contributed by atoms with E-state index in [1.807, 2.05) is 4.68 Å². The van der Waals surface area contributed by atoms with Crippen LogP contribution in [0.1, 0.15) is 43.8 Å². The first-order valence-electron chi connectivity index (χ1n) is 10.4. The number of aromatic nitrogens is 4. The van der Waals surface area contributed by atoms with Crippen molar-refractivity contribution in [3.05, 3.63) is 71.5 Å². The zero-order chi connectivity index (χ0) is 20.4. The molecule has 0 unspecified atom stereocenters. The summed E-state index contributed by atoms with van der Waals surface area (Å²) in [5.74, 6) is 0.949. The molecule has 0 amide bonds. The largest absolute Gasteiger partial charge is 0.360 e. The van der Waals surface area contributed by atoms with Gasteiger partial charge in [0.2, 0.25) is 5.82 Å². The monoisotopic (exact) mass is 391 g/mol. The van der Waals surface area contributed by atoms with Gasteiger partial charge in [-0.05, 0) is 50.3 Å². The number of aryl methyl sites for hydroxylation is 1. The SMILES string of the molecule is Cc1ccc([C@H](c2nnnn2C(C)(C)C)[NH+]2CCN(c3ccccc3)CC2)cc1. The summed E-state index contributed by atoms with van der Waals surface area (Å²) >= 11 is 0. The van der Waals surface area contributed by atoms with Crippen LogP contribution in [-0.4, -0.2) is 46.4 Å². The van der Waals surface area contributed by atoms with E-state index in [4.69, 9.17) is 0 Å². The van der Waals surface area contributed by atoms with Crippen LogP contribution in [0.3, 0.4) is 0 Å². The maximum absolute atomic E-state index is 4.50. The van der Waals surface area contributed by atoms with Crippen molar-refractivity contribution in [1.29, 1.82) is 0 Å². The molecule has 1 fully saturated rings. The Morgan fingerprint density at radius 2 is 1.59 bits per heavy atom. The summed E-state index contributed by atoms with van der Waals surface area (Å²) in [4.78, 5) is 3.99. The van der Waals surface area contributed by atoms with Crippen molar-refractivity contribution in [3.63, 3.8) is 0 Å². The number of tetrazole rings is 1. The standard InChI is InChI=1S/C23H30N6/c1-18-10-12-19(13-11-18)21(22-24-25-26-29(22)23(2,3)4)28-16-14-27(15-17-28)20-8-6-5-7-9-20/h5-13,21H,14-17H2,1-4H3/p+1/t21-/m1/s1. The molecule has 1 aliphatic heterocycles. The zero-order valence-corrected chi connectivity index (χ0v) is 17.8. The summed E-state index contributed by atoms with van der Waals surface area (Å²) in [6.07, 6.45) is 0. The van der Waals surface area contributed by atoms with Crippen LogP contribution >= 0.6 is 0 Å². The molecule has 4 rings (SSSR count). The Balaban J connectivity index is 1.64. The average Bonchev–Trinajstić information content (AvgIpc) is 3.21. The first-order valence-corrected chi connectivity index (χ1v) is 10.4. The highest BCUT2D eigenvalue weighted by Crippen LogP contribution is 2.23. The Labute approximate surface area is 173 Å². The van der Waals surface area contributed by atoms with Gasteiger partial charge in [-0.2, -0.15) is 0 Å². The van der Waals surface area contributed by atoms with Crippen LogP contribution in [0.5, 0.6) is 0 Å². The van der Waals surface area contributed by atoms with Gasteiger partial charge < -0.3 is 9.80 Å². The smallest absolute Gasteiger partial charge is 0.214 e. The Morgan fingerprint density at radius 1 is 0.931 bits per heavy atom. The predicted molar refractivity (Wildman–Crippen MR) is 115 cm³/mol. The topological polar surface area (TPSA) is 51.3 Å². The van der Waals surface area contributed by atoms with E-state index < -0.39 is 0 Å². The third-order valence-electron chi connectivity index (χ3n) is 5.73. The van der Waals surface area contributed by atoms with Gasteiger partial charge in [0.1, 0.15) is 0 Å². The molecule has 2 aromatic carbocycles. The number of para-hydroxylation sites is 1. The van der Waals surface area contributed by atoms with E-state index in [0.717, 1.165) is 32.0 Å². The summed E-state index contributed by atoms with van der Waals surface area (Å²) < 4.78 is 1.99. The van der Waals surface area contributed by atoms with Gasteiger partial charge in [0.05, 0.1) is 31.7 Å². The van der Waals surface area contributed by atoms with Crippen LogP contribution in [0.4, 0.5) is 5.69 Å². The van der Waals surface area contributed by atoms with Crippen molar-refractivity contribution in [2.24, 2.45) is 0 Å². The van der Waals surface area contributed by atoms with Gasteiger partial charge in [0.15, 0.2) is 6.04 Å². The first kappa shape index (κ1) is 19.6. The third kappa shape index (κ3) is 4.17. The third-order valence-corrected chi connectivity index (χ3v) is 5.73. The Bertz CT molecular complexity index is 918. The fourth-order valence-electron chi connectivity index (χ4n) is 4.16. The molecule has 0 radical (unpaired) electrons. The van der Waals surface area contributed by atoms with E-state index >= 15 is 0 Å². The van der Waals surface area contributed by atoms with Crippen LogP contribution in [0.15, 0.2) is 54.6 Å². The highest BCUT2D eigenvalue weighted by Gasteiger charge is 2.36. The lowest BCUT2D eigenvalue weighted by molar-refractivity contribution is -0.927. The highest BCUT2D eigenvalue weighted by molar-refractivity contribution is 5.46. The maximum Gasteiger partial charge on any atom is 0.214 e. The van der Waals surface area contributed by atoms with Gasteiger partial charge in [-0.3, -0.25) is 0 Å². The van der Waals surface area contributed by atoms with Crippen molar-refractivity contribution in [3.8, 4) is 0 Å². The summed E-state index contributed by atoms with van der Waals surface area (Å²) in [6, 6.07) is 19.7. The molecular formula is C23H31N6+. The Morgan fingerprint density at radius 3 is 2.21 bits per heavy atom. The molecule has 29 heavy (non-hydrogen) atoms. The van der Waals surface area contributed by atoms with Crippen LogP contribution in [0.2, 0.25) is 0 Å². The quantitative estimate of drug-likeness (QED) is 0.741. The summed E-state index contributed by atoms with van der Waals surface area (Å²) in [5, 5.41) is 12.9. The Kier molecular flexibility index (Phi) is 5.37. The van der Waals surface area contributed by atoms with E-state index in [1.54, 1.807) is 0 Å². The van der Waals surface area contributed by atoms with Gasteiger partial charge in [-0.1, -0.05) is 48.0 Å². The lowest BCUT2D eigenvalue weighted by Crippen LogP contribution is -3.15. The number of nitrogens with one attached hydrogen (secondary N) is 1. The molecule has 1 saturated heterocycles. The van der Waals surface area contributed by atoms with Crippen molar-refractivity contribution in [1.82, 2.24) is 20.2 Å². The van der Waals surface area contributed by atoms with Gasteiger partial charge in [0.25, 0.3) is 0 Å². The Hall–Kier alpha value is -2.73. The lowest BCUT2D eigenvalue weighted by atomic mass is 10.0. The molecule has 0 bridgehead atoms. The molecule has 2 heterocycles. The van der Waals surface area contributed by atoms with Crippen molar-refractivity contribution in [2.45, 2.75) is 39.3 Å². The van der Waals surface area contributed by atoms with E-state index in [-0.39, 0.29) is 11.6 Å². The summed E-state index contributed by atoms with van der Waals surface area (Å²) in [6.45, 7) is 12.7. The minimum atomic E-state index is -0.160. The predicted octanol–water partition coefficient (Wildman–Crippen LogP) is 2.23. The fraction of sp³-hybridized carbons (Fsp3) is 0.435. The molecule has 1 atom stereocenters. The van der Waals surface area contributed by atoms with Crippen LogP contribution < -0.4 is 9.80 Å². The van der Waals surface area contributed by atoms with Gasteiger partial charge in [-0.25, -0.2) is 4.68 Å². The molecule has 0 saturated carbocycles. The molecule has 1 N–H and O–H groups in total. The second kappa shape index (κ2) is 7.95. The number of rotatable bonds is 4. The van der Waals surface area contributed by atoms with Crippen LogP contribution in [0, 0.1) is 6.92 Å². The van der Waals surface area contributed by atoms with E-state index in [9.17, 15) is 0 Å². The first-order chi connectivity index (χ1) is 13.9. The van der Waals surface area contributed by atoms with E-state index in [0.29, 0.717) is 0 Å². The number of nitrogens with zero attached hydrogens (tertiary/aromatic N) is 5. The minimum Gasteiger partial charge on any atom is -0.360 e. The molecule has 0 aliphatic carbocycles. The zero-order valence-electron chi connectivity index (χ0n) is 17.8. The molecule has 6 heteroatoms. The molecular weight excluding hydrogens is 360 g/mol. The molecule has 1 aromatic heterocycles. The molecule has 0 spiro atoms. The average molecular weight is 392 g/mol. The van der Waals surface area contributed by atoms with E-state index in [2.05, 4.69) is 103 Å². The number of hydrogen-bond donors (Lipinski definition) is 1. The van der Waals surface area contributed by atoms with Crippen molar-refractivity contribution < 1.29 is 4.90 Å². The fourth-order valence-corrected chi connectivity index (χ4v) is 4.16.